The van der Waals surface area contributed by atoms with Gasteiger partial charge in [0.05, 0.1) is 0 Å². The molecule has 4 saturated carbocycles. The lowest BCUT2D eigenvalue weighted by Gasteiger charge is -2.91. The van der Waals surface area contributed by atoms with E-state index in [1.165, 1.54) is 29.6 Å². The lowest BCUT2D eigenvalue weighted by atomic mass is 9.20. The van der Waals surface area contributed by atoms with Crippen molar-refractivity contribution in [1.82, 2.24) is 0 Å². The molecule has 0 aliphatic heterocycles. The summed E-state index contributed by atoms with van der Waals surface area (Å²) in [5.41, 5.74) is 0. The van der Waals surface area contributed by atoms with Crippen LogP contribution in [0.2, 0.25) is 0 Å². The lowest BCUT2D eigenvalue weighted by Crippen LogP contribution is -2.92. The molecule has 0 nitrogen and oxygen atoms in total. The summed E-state index contributed by atoms with van der Waals surface area (Å²) >= 11 is 5.47. The standard InChI is InChI=1S/C8H8I2/c9-7-4-2-1-3-5(7)6(4)8(2,3)10/h2-7H,1H2. The zero-order valence-corrected chi connectivity index (χ0v) is 9.74. The van der Waals surface area contributed by atoms with Crippen LogP contribution in [0.4, 0.5) is 0 Å². The van der Waals surface area contributed by atoms with E-state index in [1.807, 2.05) is 0 Å². The maximum absolute atomic E-state index is 2.77. The number of fused-ring (bicyclic) bond motifs is 2. The van der Waals surface area contributed by atoms with Gasteiger partial charge in [-0.25, -0.2) is 0 Å². The summed E-state index contributed by atoms with van der Waals surface area (Å²) in [4.78, 5) is 0. The maximum atomic E-state index is 2.77. The van der Waals surface area contributed by atoms with Gasteiger partial charge < -0.3 is 0 Å². The minimum atomic E-state index is 0.884. The number of halogens is 2. The van der Waals surface area contributed by atoms with Gasteiger partial charge in [-0.2, -0.15) is 0 Å². The second-order valence-corrected chi connectivity index (χ2v) is 7.71. The average molecular weight is 358 g/mol. The summed E-state index contributed by atoms with van der Waals surface area (Å²) in [7, 11) is 0. The summed E-state index contributed by atoms with van der Waals surface area (Å²) in [6.07, 6.45) is 1.61. The molecule has 0 saturated heterocycles. The predicted octanol–water partition coefficient (Wildman–Crippen LogP) is 2.49. The second kappa shape index (κ2) is 1.34. The molecule has 0 radical (unpaired) electrons. The summed E-state index contributed by atoms with van der Waals surface area (Å²) < 4.78 is 1.98. The van der Waals surface area contributed by atoms with Crippen molar-refractivity contribution in [3.8, 4) is 0 Å². The fraction of sp³-hybridized carbons (Fsp3) is 1.00. The van der Waals surface area contributed by atoms with E-state index in [0.717, 1.165) is 7.35 Å². The van der Waals surface area contributed by atoms with E-state index in [-0.39, 0.29) is 0 Å². The van der Waals surface area contributed by atoms with E-state index in [1.54, 1.807) is 6.42 Å². The Hall–Kier alpha value is 1.46. The quantitative estimate of drug-likeness (QED) is 0.461. The first kappa shape index (κ1) is 6.00. The fourth-order valence-corrected chi connectivity index (χ4v) is 8.28. The lowest BCUT2D eigenvalue weighted by molar-refractivity contribution is -0.324. The molecule has 4 fully saturated rings. The van der Waals surface area contributed by atoms with Gasteiger partial charge in [0.15, 0.2) is 0 Å². The van der Waals surface area contributed by atoms with Crippen molar-refractivity contribution in [2.24, 2.45) is 29.6 Å². The van der Waals surface area contributed by atoms with E-state index in [4.69, 9.17) is 0 Å². The molecule has 4 atom stereocenters. The second-order valence-electron chi connectivity index (χ2n) is 4.40. The molecule has 0 spiro atoms. The zero-order chi connectivity index (χ0) is 6.67. The van der Waals surface area contributed by atoms with Crippen LogP contribution in [0.5, 0.6) is 0 Å². The molecule has 0 aromatic heterocycles. The summed E-state index contributed by atoms with van der Waals surface area (Å²) in [6, 6.07) is 0. The Morgan fingerprint density at radius 2 is 1.80 bits per heavy atom. The molecule has 0 heterocycles. The van der Waals surface area contributed by atoms with Crippen LogP contribution in [-0.2, 0) is 0 Å². The Labute approximate surface area is 87.8 Å². The topological polar surface area (TPSA) is 0 Å². The van der Waals surface area contributed by atoms with Crippen molar-refractivity contribution in [3.63, 3.8) is 0 Å². The smallest absolute Gasteiger partial charge is 0.0319 e. The fourth-order valence-electron chi connectivity index (χ4n) is 4.21. The normalized spacial score (nSPS) is 87.0. The number of rotatable bonds is 0. The molecule has 4 rings (SSSR count). The van der Waals surface area contributed by atoms with Gasteiger partial charge in [0.25, 0.3) is 0 Å². The highest BCUT2D eigenvalue weighted by Gasteiger charge is 2.89. The average Bonchev–Trinajstić information content (AvgIpc) is 2.00. The van der Waals surface area contributed by atoms with E-state index in [9.17, 15) is 0 Å². The van der Waals surface area contributed by atoms with E-state index >= 15 is 0 Å². The third-order valence-electron chi connectivity index (χ3n) is 4.65. The molecule has 0 N–H and O–H groups in total. The molecular weight excluding hydrogens is 350 g/mol. The van der Waals surface area contributed by atoms with Crippen LogP contribution in [0.1, 0.15) is 6.42 Å². The van der Waals surface area contributed by atoms with Crippen LogP contribution in [0.15, 0.2) is 0 Å². The number of hydrogen-bond donors (Lipinski definition) is 0. The SMILES string of the molecule is IC1C2C3CC4C1C2C34I. The highest BCUT2D eigenvalue weighted by atomic mass is 127. The van der Waals surface area contributed by atoms with Gasteiger partial charge in [-0.3, -0.25) is 0 Å². The maximum Gasteiger partial charge on any atom is 0.0319 e. The molecule has 0 aromatic rings. The van der Waals surface area contributed by atoms with Gasteiger partial charge in [-0.1, -0.05) is 45.2 Å². The van der Waals surface area contributed by atoms with Crippen LogP contribution >= 0.6 is 45.2 Å². The van der Waals surface area contributed by atoms with Crippen LogP contribution in [-0.4, -0.2) is 7.35 Å². The predicted molar refractivity (Wildman–Crippen MR) is 56.6 cm³/mol. The van der Waals surface area contributed by atoms with Gasteiger partial charge in [-0.15, -0.1) is 0 Å². The third-order valence-corrected chi connectivity index (χ3v) is 8.63. The first-order valence-corrected chi connectivity index (χ1v) is 6.41. The molecule has 4 aliphatic carbocycles. The molecule has 10 heavy (non-hydrogen) atoms. The van der Waals surface area contributed by atoms with Crippen molar-refractivity contribution < 1.29 is 0 Å². The third kappa shape index (κ3) is 0.301. The molecule has 54 valence electrons. The molecular formula is C8H8I2. The van der Waals surface area contributed by atoms with Crippen molar-refractivity contribution in [3.05, 3.63) is 0 Å². The van der Waals surface area contributed by atoms with Crippen LogP contribution in [0, 0.1) is 29.6 Å². The summed E-state index contributed by atoms with van der Waals surface area (Å²) in [5, 5.41) is 0. The molecule has 2 heteroatoms. The van der Waals surface area contributed by atoms with E-state index in [0.29, 0.717) is 0 Å². The van der Waals surface area contributed by atoms with Crippen molar-refractivity contribution in [1.29, 1.82) is 0 Å². The van der Waals surface area contributed by atoms with Crippen LogP contribution in [0.25, 0.3) is 0 Å². The van der Waals surface area contributed by atoms with Crippen molar-refractivity contribution in [2.45, 2.75) is 13.8 Å². The Morgan fingerprint density at radius 3 is 2.10 bits per heavy atom. The Morgan fingerprint density at radius 1 is 1.20 bits per heavy atom. The first-order valence-electron chi connectivity index (χ1n) is 4.09. The highest BCUT2D eigenvalue weighted by molar-refractivity contribution is 14.1. The molecule has 4 aliphatic rings. The Balaban J connectivity index is 1.88. The first-order chi connectivity index (χ1) is 4.76. The number of alkyl halides is 2. The monoisotopic (exact) mass is 358 g/mol. The van der Waals surface area contributed by atoms with E-state index < -0.39 is 0 Å². The Bertz CT molecular complexity index is 203. The molecule has 0 aromatic carbocycles. The summed E-state index contributed by atoms with van der Waals surface area (Å²) in [5.74, 6) is 5.93. The highest BCUT2D eigenvalue weighted by Crippen LogP contribution is 2.90. The Kier molecular flexibility index (Phi) is 0.802. The summed E-state index contributed by atoms with van der Waals surface area (Å²) in [6.45, 7) is 0. The zero-order valence-electron chi connectivity index (χ0n) is 5.43. The van der Waals surface area contributed by atoms with Gasteiger partial charge in [-0.05, 0) is 36.0 Å². The van der Waals surface area contributed by atoms with Crippen molar-refractivity contribution >= 4 is 45.2 Å². The van der Waals surface area contributed by atoms with Crippen LogP contribution in [0.3, 0.4) is 0 Å². The minimum absolute atomic E-state index is 0.884. The molecule has 0 amide bonds. The van der Waals surface area contributed by atoms with Gasteiger partial charge >= 0.3 is 0 Å². The van der Waals surface area contributed by atoms with E-state index in [2.05, 4.69) is 45.2 Å². The van der Waals surface area contributed by atoms with Crippen molar-refractivity contribution in [2.75, 3.05) is 0 Å². The van der Waals surface area contributed by atoms with Gasteiger partial charge in [0, 0.05) is 7.35 Å². The molecule has 0 bridgehead atoms. The van der Waals surface area contributed by atoms with Gasteiger partial charge in [0.2, 0.25) is 0 Å². The minimum Gasteiger partial charge on any atom is -0.0820 e. The largest absolute Gasteiger partial charge is 0.0820 e. The number of hydrogen-bond acceptors (Lipinski definition) is 0. The van der Waals surface area contributed by atoms with Crippen LogP contribution < -0.4 is 0 Å². The van der Waals surface area contributed by atoms with Gasteiger partial charge in [0.1, 0.15) is 0 Å². The molecule has 4 unspecified atom stereocenters.